The van der Waals surface area contributed by atoms with E-state index in [1.165, 1.54) is 11.3 Å². The monoisotopic (exact) mass is 729 g/mol. The van der Waals surface area contributed by atoms with Crippen molar-refractivity contribution in [1.29, 1.82) is 0 Å². The van der Waals surface area contributed by atoms with Crippen molar-refractivity contribution >= 4 is 56.6 Å². The maximum absolute atomic E-state index is 14.6. The number of para-hydroxylation sites is 1. The van der Waals surface area contributed by atoms with Crippen LogP contribution in [0.2, 0.25) is 5.02 Å². The van der Waals surface area contributed by atoms with Gasteiger partial charge in [-0.2, -0.15) is 5.48 Å². The molecule has 51 heavy (non-hydrogen) atoms. The zero-order valence-electron chi connectivity index (χ0n) is 28.2. The Kier molecular flexibility index (Phi) is 10.3. The van der Waals surface area contributed by atoms with Gasteiger partial charge < -0.3 is 29.8 Å². The zero-order valence-corrected chi connectivity index (χ0v) is 29.8. The summed E-state index contributed by atoms with van der Waals surface area (Å²) >= 11 is 7.57. The Morgan fingerprint density at radius 2 is 1.88 bits per heavy atom. The summed E-state index contributed by atoms with van der Waals surface area (Å²) in [4.78, 5) is 54.5. The van der Waals surface area contributed by atoms with Crippen LogP contribution in [0, 0.1) is 5.92 Å². The lowest BCUT2D eigenvalue weighted by atomic mass is 10.0. The van der Waals surface area contributed by atoms with Gasteiger partial charge in [-0.25, -0.2) is 4.98 Å². The summed E-state index contributed by atoms with van der Waals surface area (Å²) in [6, 6.07) is 20.3. The number of amides is 3. The number of rotatable bonds is 8. The smallest absolute Gasteiger partial charge is 0.278 e. The van der Waals surface area contributed by atoms with E-state index in [-0.39, 0.29) is 24.8 Å². The first kappa shape index (κ1) is 34.6. The average molecular weight is 730 g/mol. The number of nitrogens with one attached hydrogen (secondary N) is 3. The molecule has 3 heterocycles. The fourth-order valence-corrected chi connectivity index (χ4v) is 7.99. The number of halogens is 1. The number of carbonyl (C=O) groups excluding carboxylic acids is 3. The highest BCUT2D eigenvalue weighted by Crippen LogP contribution is 2.45. The summed E-state index contributed by atoms with van der Waals surface area (Å²) in [7, 11) is 1.60. The van der Waals surface area contributed by atoms with Crippen molar-refractivity contribution < 1.29 is 28.7 Å². The van der Waals surface area contributed by atoms with E-state index >= 15 is 0 Å². The Morgan fingerprint density at radius 3 is 2.73 bits per heavy atom. The minimum absolute atomic E-state index is 0.170. The van der Waals surface area contributed by atoms with Crippen LogP contribution in [-0.2, 0) is 14.4 Å². The molecule has 266 valence electrons. The molecule has 0 unspecified atom stereocenters. The van der Waals surface area contributed by atoms with Crippen LogP contribution in [-0.4, -0.2) is 65.0 Å². The predicted molar refractivity (Wildman–Crippen MR) is 196 cm³/mol. The van der Waals surface area contributed by atoms with E-state index in [1.807, 2.05) is 48.5 Å². The standard InChI is InChI=1S/C38H40ClN5O6S/c1-48-28-15-10-12-26(20-28)40-31-16-9-4-2-3-6-11-24-22-38(24,36(47)43-50-27-13-7-5-8-14-27)42-34(45)32-21-29(23-44(32)35(31)46)49-37-41-30-18-17-25(39)19-33(30)51-37/h5-8,10-15,17-20,24,29,31-32,40H,2-4,9,16,21-23H2,1H3,(H,42,45)(H,43,47)/t24-,29-,31+,32+,38-/m1/s1. The summed E-state index contributed by atoms with van der Waals surface area (Å²) < 4.78 is 12.7. The van der Waals surface area contributed by atoms with Crippen LogP contribution in [0.5, 0.6) is 16.7 Å². The lowest BCUT2D eigenvalue weighted by Crippen LogP contribution is -2.57. The van der Waals surface area contributed by atoms with E-state index in [4.69, 9.17) is 25.9 Å². The lowest BCUT2D eigenvalue weighted by Gasteiger charge is -2.30. The Morgan fingerprint density at radius 1 is 1.04 bits per heavy atom. The van der Waals surface area contributed by atoms with Crippen LogP contribution in [0.15, 0.2) is 84.9 Å². The highest BCUT2D eigenvalue weighted by atomic mass is 35.5. The highest BCUT2D eigenvalue weighted by Gasteiger charge is 2.61. The van der Waals surface area contributed by atoms with Crippen LogP contribution in [0.25, 0.3) is 10.2 Å². The number of allylic oxidation sites excluding steroid dienone is 1. The molecule has 1 saturated heterocycles. The van der Waals surface area contributed by atoms with Crippen molar-refractivity contribution in [2.24, 2.45) is 5.92 Å². The van der Waals surface area contributed by atoms with Gasteiger partial charge in [0.05, 0.1) is 23.9 Å². The van der Waals surface area contributed by atoms with Crippen molar-refractivity contribution in [2.45, 2.75) is 68.7 Å². The van der Waals surface area contributed by atoms with Crippen LogP contribution in [0.3, 0.4) is 0 Å². The van der Waals surface area contributed by atoms with Gasteiger partial charge in [0, 0.05) is 29.1 Å². The van der Waals surface area contributed by atoms with Crippen molar-refractivity contribution in [2.75, 3.05) is 19.0 Å². The van der Waals surface area contributed by atoms with Gasteiger partial charge in [0.2, 0.25) is 11.8 Å². The van der Waals surface area contributed by atoms with Crippen molar-refractivity contribution in [3.05, 3.63) is 90.0 Å². The molecule has 0 radical (unpaired) electrons. The number of hydrogen-bond acceptors (Lipinski definition) is 9. The van der Waals surface area contributed by atoms with Gasteiger partial charge in [-0.15, -0.1) is 0 Å². The number of hydroxylamine groups is 1. The summed E-state index contributed by atoms with van der Waals surface area (Å²) in [5, 5.41) is 7.52. The molecule has 3 N–H and O–H groups in total. The molecule has 1 aliphatic carbocycles. The Bertz CT molecular complexity index is 1920. The fraction of sp³-hybridized carbons (Fsp3) is 0.368. The maximum atomic E-state index is 14.6. The van der Waals surface area contributed by atoms with E-state index < -0.39 is 35.5 Å². The van der Waals surface area contributed by atoms with Crippen LogP contribution in [0.4, 0.5) is 5.69 Å². The summed E-state index contributed by atoms with van der Waals surface area (Å²) in [6.45, 7) is 0.170. The third-order valence-electron chi connectivity index (χ3n) is 9.66. The van der Waals surface area contributed by atoms with Gasteiger partial charge in [0.25, 0.3) is 11.1 Å². The van der Waals surface area contributed by atoms with Gasteiger partial charge in [0.15, 0.2) is 5.75 Å². The number of benzene rings is 3. The maximum Gasteiger partial charge on any atom is 0.278 e. The van der Waals surface area contributed by atoms with Gasteiger partial charge in [-0.3, -0.25) is 14.4 Å². The average Bonchev–Trinajstić information content (AvgIpc) is 3.44. The molecule has 11 nitrogen and oxygen atoms in total. The van der Waals surface area contributed by atoms with E-state index in [9.17, 15) is 14.4 Å². The molecule has 2 aliphatic heterocycles. The first-order valence-electron chi connectivity index (χ1n) is 17.3. The second-order valence-corrected chi connectivity index (χ2v) is 14.6. The predicted octanol–water partition coefficient (Wildman–Crippen LogP) is 6.29. The number of fused-ring (bicyclic) bond motifs is 3. The number of carbonyl (C=O) groups is 3. The molecule has 3 aromatic carbocycles. The molecule has 5 atom stereocenters. The number of hydrogen-bond donors (Lipinski definition) is 3. The normalized spacial score (nSPS) is 25.1. The minimum atomic E-state index is -1.22. The van der Waals surface area contributed by atoms with E-state index in [1.54, 1.807) is 42.3 Å². The molecule has 4 aromatic rings. The molecule has 0 spiro atoms. The number of thiazole rings is 1. The number of anilines is 1. The molecule has 13 heteroatoms. The fourth-order valence-electron chi connectivity index (χ4n) is 6.83. The summed E-state index contributed by atoms with van der Waals surface area (Å²) in [5.41, 5.74) is 2.83. The first-order chi connectivity index (χ1) is 24.8. The second-order valence-electron chi connectivity index (χ2n) is 13.2. The molecule has 7 rings (SSSR count). The quantitative estimate of drug-likeness (QED) is 0.143. The lowest BCUT2D eigenvalue weighted by molar-refractivity contribution is -0.141. The SMILES string of the molecule is COc1cccc(N[C@H]2CCCCCC=C[C@@H]3C[C@@]3(C(=O)NOc3ccccc3)NC(=O)[C@@H]3C[C@@H](Oc4nc5ccc(Cl)cc5s4)CN3C2=O)c1. The molecule has 3 amide bonds. The Labute approximate surface area is 305 Å². The van der Waals surface area contributed by atoms with E-state index in [2.05, 4.69) is 27.2 Å². The zero-order chi connectivity index (χ0) is 35.4. The molecule has 1 aromatic heterocycles. The molecule has 1 saturated carbocycles. The van der Waals surface area contributed by atoms with Crippen molar-refractivity contribution in [3.8, 4) is 16.7 Å². The number of aromatic nitrogens is 1. The molecule has 3 aliphatic rings. The minimum Gasteiger partial charge on any atom is -0.497 e. The van der Waals surface area contributed by atoms with Crippen LogP contribution >= 0.6 is 22.9 Å². The van der Waals surface area contributed by atoms with Gasteiger partial charge in [-0.1, -0.05) is 72.2 Å². The Hall–Kier alpha value is -4.81. The van der Waals surface area contributed by atoms with Crippen molar-refractivity contribution in [1.82, 2.24) is 20.7 Å². The summed E-state index contributed by atoms with van der Waals surface area (Å²) in [5.74, 6) is -0.178. The molecular weight excluding hydrogens is 690 g/mol. The Balaban J connectivity index is 1.17. The third kappa shape index (κ3) is 7.92. The summed E-state index contributed by atoms with van der Waals surface area (Å²) in [6.07, 6.45) is 8.27. The number of nitrogens with zero attached hydrogens (tertiary/aromatic N) is 2. The molecule has 0 bridgehead atoms. The van der Waals surface area contributed by atoms with Crippen molar-refractivity contribution in [3.63, 3.8) is 0 Å². The van der Waals surface area contributed by atoms with Crippen LogP contribution in [0.1, 0.15) is 44.9 Å². The van der Waals surface area contributed by atoms with Gasteiger partial charge >= 0.3 is 0 Å². The number of methoxy groups -OCH3 is 1. The highest BCUT2D eigenvalue weighted by molar-refractivity contribution is 7.20. The topological polar surface area (TPSA) is 131 Å². The van der Waals surface area contributed by atoms with E-state index in [0.717, 1.165) is 41.6 Å². The number of ether oxygens (including phenoxy) is 2. The second kappa shape index (κ2) is 15.2. The first-order valence-corrected chi connectivity index (χ1v) is 18.5. The van der Waals surface area contributed by atoms with Crippen LogP contribution < -0.4 is 30.4 Å². The molecular formula is C38H40ClN5O6S. The third-order valence-corrected chi connectivity index (χ3v) is 10.8. The van der Waals surface area contributed by atoms with E-state index in [0.29, 0.717) is 34.6 Å². The van der Waals surface area contributed by atoms with Gasteiger partial charge in [0.1, 0.15) is 29.5 Å². The van der Waals surface area contributed by atoms with Gasteiger partial charge in [-0.05, 0) is 68.1 Å². The molecule has 2 fully saturated rings. The largest absolute Gasteiger partial charge is 0.497 e.